The van der Waals surface area contributed by atoms with E-state index in [-0.39, 0.29) is 17.4 Å². The first kappa shape index (κ1) is 20.5. The highest BCUT2D eigenvalue weighted by atomic mass is 19.1. The van der Waals surface area contributed by atoms with Gasteiger partial charge in [-0.15, -0.1) is 5.10 Å². The molecule has 1 aromatic heterocycles. The zero-order valence-corrected chi connectivity index (χ0v) is 17.9. The minimum Gasteiger partial charge on any atom is -0.369 e. The van der Waals surface area contributed by atoms with E-state index in [4.69, 9.17) is 0 Å². The van der Waals surface area contributed by atoms with E-state index < -0.39 is 0 Å². The van der Waals surface area contributed by atoms with Crippen molar-refractivity contribution in [2.45, 2.75) is 38.8 Å². The maximum atomic E-state index is 13.3. The number of nitrogens with zero attached hydrogens (tertiary/aromatic N) is 6. The quantitative estimate of drug-likeness (QED) is 0.620. The molecule has 1 atom stereocenters. The summed E-state index contributed by atoms with van der Waals surface area (Å²) in [5.74, 6) is 0.676. The number of hydrogen-bond donors (Lipinski definition) is 0. The molecule has 2 aromatic carbocycles. The molecule has 0 amide bonds. The molecule has 1 aliphatic rings. The lowest BCUT2D eigenvalue weighted by Gasteiger charge is -2.40. The van der Waals surface area contributed by atoms with Crippen LogP contribution in [-0.2, 0) is 5.54 Å². The Bertz CT molecular complexity index is 945. The average Bonchev–Trinajstić information content (AvgIpc) is 3.26. The third kappa shape index (κ3) is 4.07. The Hall–Kier alpha value is -2.80. The van der Waals surface area contributed by atoms with Crippen LogP contribution in [0.25, 0.3) is 0 Å². The first-order chi connectivity index (χ1) is 14.5. The van der Waals surface area contributed by atoms with E-state index in [1.165, 1.54) is 17.7 Å². The molecule has 1 unspecified atom stereocenters. The Balaban J connectivity index is 1.61. The summed E-state index contributed by atoms with van der Waals surface area (Å²) < 4.78 is 15.3. The maximum Gasteiger partial charge on any atom is 0.173 e. The van der Waals surface area contributed by atoms with Gasteiger partial charge >= 0.3 is 0 Å². The summed E-state index contributed by atoms with van der Waals surface area (Å²) in [7, 11) is 0. The molecule has 4 rings (SSSR count). The predicted molar refractivity (Wildman–Crippen MR) is 116 cm³/mol. The summed E-state index contributed by atoms with van der Waals surface area (Å²) in [5.41, 5.74) is 2.09. The Morgan fingerprint density at radius 3 is 2.27 bits per heavy atom. The van der Waals surface area contributed by atoms with Gasteiger partial charge in [0, 0.05) is 31.9 Å². The van der Waals surface area contributed by atoms with Gasteiger partial charge in [-0.2, -0.15) is 0 Å². The SMILES string of the molecule is CCC(C)(C)n1nnnc1C(c1ccccc1)N1CCN(c2ccc(F)cc2)CC1. The van der Waals surface area contributed by atoms with Crippen LogP contribution in [0.5, 0.6) is 0 Å². The van der Waals surface area contributed by atoms with Crippen LogP contribution in [-0.4, -0.2) is 51.3 Å². The zero-order valence-electron chi connectivity index (χ0n) is 17.9. The number of benzene rings is 2. The molecule has 0 N–H and O–H groups in total. The van der Waals surface area contributed by atoms with Gasteiger partial charge < -0.3 is 4.90 Å². The standard InChI is InChI=1S/C23H29FN6/c1-4-23(2,3)30-22(25-26-27-30)21(18-8-6-5-7-9-18)29-16-14-28(15-17-29)20-12-10-19(24)11-13-20/h5-13,21H,4,14-17H2,1-3H3. The third-order valence-electron chi connectivity index (χ3n) is 6.16. The zero-order chi connectivity index (χ0) is 21.1. The van der Waals surface area contributed by atoms with Gasteiger partial charge in [0.2, 0.25) is 0 Å². The molecule has 6 nitrogen and oxygen atoms in total. The highest BCUT2D eigenvalue weighted by Crippen LogP contribution is 2.32. The van der Waals surface area contributed by atoms with Crippen LogP contribution in [0, 0.1) is 5.82 Å². The molecule has 30 heavy (non-hydrogen) atoms. The van der Waals surface area contributed by atoms with Gasteiger partial charge in [0.15, 0.2) is 5.82 Å². The van der Waals surface area contributed by atoms with Crippen molar-refractivity contribution in [3.63, 3.8) is 0 Å². The number of anilines is 1. The van der Waals surface area contributed by atoms with Gasteiger partial charge in [0.05, 0.1) is 11.6 Å². The normalized spacial score (nSPS) is 16.6. The van der Waals surface area contributed by atoms with E-state index in [0.717, 1.165) is 44.1 Å². The molecule has 0 bridgehead atoms. The second kappa shape index (κ2) is 8.52. The van der Waals surface area contributed by atoms with Crippen LogP contribution in [0.2, 0.25) is 0 Å². The van der Waals surface area contributed by atoms with E-state index in [0.29, 0.717) is 0 Å². The Morgan fingerprint density at radius 2 is 1.63 bits per heavy atom. The summed E-state index contributed by atoms with van der Waals surface area (Å²) >= 11 is 0. The van der Waals surface area contributed by atoms with Crippen molar-refractivity contribution in [1.29, 1.82) is 0 Å². The lowest BCUT2D eigenvalue weighted by molar-refractivity contribution is 0.187. The monoisotopic (exact) mass is 408 g/mol. The minimum absolute atomic E-state index is 0.0117. The molecule has 1 fully saturated rings. The first-order valence-corrected chi connectivity index (χ1v) is 10.6. The van der Waals surface area contributed by atoms with Gasteiger partial charge in [-0.3, -0.25) is 4.90 Å². The van der Waals surface area contributed by atoms with Gasteiger partial charge in [-0.1, -0.05) is 37.3 Å². The lowest BCUT2D eigenvalue weighted by Crippen LogP contribution is -2.48. The van der Waals surface area contributed by atoms with E-state index in [1.807, 2.05) is 22.9 Å². The van der Waals surface area contributed by atoms with Gasteiger partial charge in [0.1, 0.15) is 5.82 Å². The van der Waals surface area contributed by atoms with E-state index in [1.54, 1.807) is 0 Å². The van der Waals surface area contributed by atoms with Crippen molar-refractivity contribution >= 4 is 5.69 Å². The second-order valence-corrected chi connectivity index (χ2v) is 8.43. The number of aromatic nitrogens is 4. The summed E-state index contributed by atoms with van der Waals surface area (Å²) in [6.45, 7) is 9.97. The van der Waals surface area contributed by atoms with Gasteiger partial charge in [-0.25, -0.2) is 9.07 Å². The Kier molecular flexibility index (Phi) is 5.81. The van der Waals surface area contributed by atoms with E-state index >= 15 is 0 Å². The molecular formula is C23H29FN6. The summed E-state index contributed by atoms with van der Waals surface area (Å²) in [4.78, 5) is 4.75. The number of hydrogen-bond acceptors (Lipinski definition) is 5. The summed E-state index contributed by atoms with van der Waals surface area (Å²) in [6.07, 6.45) is 0.935. The topological polar surface area (TPSA) is 50.1 Å². The molecule has 0 radical (unpaired) electrons. The highest BCUT2D eigenvalue weighted by Gasteiger charge is 2.34. The molecule has 1 saturated heterocycles. The van der Waals surface area contributed by atoms with E-state index in [9.17, 15) is 4.39 Å². The molecular weight excluding hydrogens is 379 g/mol. The highest BCUT2D eigenvalue weighted by molar-refractivity contribution is 5.46. The molecule has 158 valence electrons. The number of tetrazole rings is 1. The van der Waals surface area contributed by atoms with Crippen molar-refractivity contribution in [2.24, 2.45) is 0 Å². The van der Waals surface area contributed by atoms with Crippen LogP contribution < -0.4 is 4.90 Å². The van der Waals surface area contributed by atoms with Gasteiger partial charge in [0.25, 0.3) is 0 Å². The third-order valence-corrected chi connectivity index (χ3v) is 6.16. The van der Waals surface area contributed by atoms with Crippen LogP contribution in [0.4, 0.5) is 10.1 Å². The second-order valence-electron chi connectivity index (χ2n) is 8.43. The minimum atomic E-state index is -0.202. The molecule has 0 spiro atoms. The molecule has 0 saturated carbocycles. The predicted octanol–water partition coefficient (Wildman–Crippen LogP) is 3.87. The van der Waals surface area contributed by atoms with Crippen LogP contribution in [0.1, 0.15) is 44.6 Å². The van der Waals surface area contributed by atoms with Crippen LogP contribution >= 0.6 is 0 Å². The van der Waals surface area contributed by atoms with Crippen molar-refractivity contribution in [3.8, 4) is 0 Å². The van der Waals surface area contributed by atoms with E-state index in [2.05, 4.69) is 70.4 Å². The average molecular weight is 409 g/mol. The Labute approximate surface area is 177 Å². The molecule has 7 heteroatoms. The fourth-order valence-corrected chi connectivity index (χ4v) is 3.99. The fourth-order valence-electron chi connectivity index (χ4n) is 3.99. The number of rotatable bonds is 6. The number of halogens is 1. The lowest BCUT2D eigenvalue weighted by atomic mass is 9.99. The van der Waals surface area contributed by atoms with Crippen LogP contribution in [0.15, 0.2) is 54.6 Å². The maximum absolute atomic E-state index is 13.3. The fraction of sp³-hybridized carbons (Fsp3) is 0.435. The first-order valence-electron chi connectivity index (χ1n) is 10.6. The van der Waals surface area contributed by atoms with Crippen molar-refractivity contribution in [1.82, 2.24) is 25.1 Å². The number of piperazine rings is 1. The smallest absolute Gasteiger partial charge is 0.173 e. The summed E-state index contributed by atoms with van der Waals surface area (Å²) in [6, 6.07) is 17.2. The van der Waals surface area contributed by atoms with Crippen molar-refractivity contribution in [2.75, 3.05) is 31.1 Å². The van der Waals surface area contributed by atoms with Crippen molar-refractivity contribution < 1.29 is 4.39 Å². The molecule has 2 heterocycles. The van der Waals surface area contributed by atoms with Crippen LogP contribution in [0.3, 0.4) is 0 Å². The largest absolute Gasteiger partial charge is 0.369 e. The van der Waals surface area contributed by atoms with Crippen molar-refractivity contribution in [3.05, 3.63) is 71.8 Å². The molecule has 0 aliphatic carbocycles. The van der Waals surface area contributed by atoms with Gasteiger partial charge in [-0.05, 0) is 60.5 Å². The Morgan fingerprint density at radius 1 is 0.967 bits per heavy atom. The summed E-state index contributed by atoms with van der Waals surface area (Å²) in [5, 5.41) is 12.9. The molecule has 1 aliphatic heterocycles. The molecule has 3 aromatic rings.